The fourth-order valence-electron chi connectivity index (χ4n) is 1.75. The summed E-state index contributed by atoms with van der Waals surface area (Å²) in [5.74, 6) is 1.12. The minimum atomic E-state index is 0.294. The summed E-state index contributed by atoms with van der Waals surface area (Å²) in [6.07, 6.45) is 1.08. The Morgan fingerprint density at radius 1 is 1.65 bits per heavy atom. The first-order chi connectivity index (χ1) is 8.15. The number of nitrogens with two attached hydrogens (primary N) is 1. The predicted molar refractivity (Wildman–Crippen MR) is 70.1 cm³/mol. The fourth-order valence-corrected chi connectivity index (χ4v) is 1.86. The monoisotopic (exact) mass is 252 g/mol. The van der Waals surface area contributed by atoms with Crippen LogP contribution in [-0.4, -0.2) is 34.7 Å². The van der Waals surface area contributed by atoms with Gasteiger partial charge in [0, 0.05) is 24.8 Å². The molecule has 1 aromatic heterocycles. The van der Waals surface area contributed by atoms with Gasteiger partial charge in [-0.05, 0) is 19.4 Å². The summed E-state index contributed by atoms with van der Waals surface area (Å²) in [5.41, 5.74) is 7.03. The van der Waals surface area contributed by atoms with Crippen molar-refractivity contribution < 1.29 is 4.74 Å². The van der Waals surface area contributed by atoms with Crippen LogP contribution in [0.5, 0.6) is 0 Å². The van der Waals surface area contributed by atoms with Crippen LogP contribution in [0, 0.1) is 12.8 Å². The van der Waals surface area contributed by atoms with E-state index in [1.54, 1.807) is 6.07 Å². The second-order valence-corrected chi connectivity index (χ2v) is 4.63. The molecule has 0 saturated carbocycles. The lowest BCUT2D eigenvalue weighted by molar-refractivity contribution is 0.187. The summed E-state index contributed by atoms with van der Waals surface area (Å²) in [7, 11) is 0. The van der Waals surface area contributed by atoms with Crippen molar-refractivity contribution in [2.75, 3.05) is 25.1 Å². The molecule has 0 radical (unpaired) electrons. The van der Waals surface area contributed by atoms with Gasteiger partial charge in [0.15, 0.2) is 0 Å². The quantitative estimate of drug-likeness (QED) is 0.775. The van der Waals surface area contributed by atoms with E-state index in [-0.39, 0.29) is 0 Å². The van der Waals surface area contributed by atoms with Crippen LogP contribution in [0.1, 0.15) is 17.8 Å². The minimum Gasteiger partial charge on any atom is -0.388 e. The number of aromatic nitrogens is 2. The Morgan fingerprint density at radius 2 is 2.47 bits per heavy atom. The van der Waals surface area contributed by atoms with Crippen molar-refractivity contribution in [3.8, 4) is 0 Å². The first kappa shape index (κ1) is 12.2. The van der Waals surface area contributed by atoms with Crippen LogP contribution in [0.4, 0.5) is 5.95 Å². The molecule has 1 fully saturated rings. The molecule has 6 heteroatoms. The maximum atomic E-state index is 5.56. The minimum absolute atomic E-state index is 0.294. The number of ether oxygens (including phenoxy) is 1. The Hall–Kier alpha value is -1.27. The van der Waals surface area contributed by atoms with Crippen LogP contribution in [-0.2, 0) is 4.74 Å². The highest BCUT2D eigenvalue weighted by atomic mass is 32.1. The van der Waals surface area contributed by atoms with E-state index in [1.165, 1.54) is 0 Å². The van der Waals surface area contributed by atoms with E-state index in [1.807, 2.05) is 6.92 Å². The van der Waals surface area contributed by atoms with E-state index in [9.17, 15) is 0 Å². The van der Waals surface area contributed by atoms with Gasteiger partial charge < -0.3 is 15.8 Å². The zero-order valence-corrected chi connectivity index (χ0v) is 10.6. The fraction of sp³-hybridized carbons (Fsp3) is 0.545. The number of rotatable bonds is 4. The summed E-state index contributed by atoms with van der Waals surface area (Å²) < 4.78 is 5.31. The van der Waals surface area contributed by atoms with Crippen LogP contribution < -0.4 is 11.1 Å². The van der Waals surface area contributed by atoms with Gasteiger partial charge in [-0.25, -0.2) is 9.97 Å². The summed E-state index contributed by atoms with van der Waals surface area (Å²) in [4.78, 5) is 8.86. The number of thiocarbonyl (C=S) groups is 1. The predicted octanol–water partition coefficient (Wildman–Crippen LogP) is 0.868. The maximum Gasteiger partial charge on any atom is 0.223 e. The number of hydrogen-bond acceptors (Lipinski definition) is 5. The Labute approximate surface area is 106 Å². The van der Waals surface area contributed by atoms with E-state index in [0.717, 1.165) is 31.9 Å². The van der Waals surface area contributed by atoms with E-state index < -0.39 is 0 Å². The smallest absolute Gasteiger partial charge is 0.223 e. The van der Waals surface area contributed by atoms with Crippen LogP contribution in [0.15, 0.2) is 6.07 Å². The van der Waals surface area contributed by atoms with E-state index in [0.29, 0.717) is 22.5 Å². The third kappa shape index (κ3) is 3.34. The maximum absolute atomic E-state index is 5.56. The topological polar surface area (TPSA) is 73.1 Å². The van der Waals surface area contributed by atoms with Crippen LogP contribution in [0.25, 0.3) is 0 Å². The number of nitrogens with one attached hydrogen (secondary N) is 1. The van der Waals surface area contributed by atoms with E-state index in [2.05, 4.69) is 15.3 Å². The van der Waals surface area contributed by atoms with Gasteiger partial charge >= 0.3 is 0 Å². The molecule has 1 atom stereocenters. The van der Waals surface area contributed by atoms with Gasteiger partial charge in [0.25, 0.3) is 0 Å². The first-order valence-electron chi connectivity index (χ1n) is 5.62. The molecule has 1 unspecified atom stereocenters. The van der Waals surface area contributed by atoms with Crippen molar-refractivity contribution in [1.82, 2.24) is 9.97 Å². The van der Waals surface area contributed by atoms with Crippen LogP contribution >= 0.6 is 12.2 Å². The lowest BCUT2D eigenvalue weighted by Gasteiger charge is -2.10. The number of nitrogens with zero attached hydrogens (tertiary/aromatic N) is 2. The van der Waals surface area contributed by atoms with Gasteiger partial charge in [-0.1, -0.05) is 12.2 Å². The number of hydrogen-bond donors (Lipinski definition) is 2. The molecule has 92 valence electrons. The Bertz CT molecular complexity index is 418. The van der Waals surface area contributed by atoms with Gasteiger partial charge in [0.2, 0.25) is 5.95 Å². The molecule has 5 nitrogen and oxygen atoms in total. The van der Waals surface area contributed by atoms with Gasteiger partial charge in [0.05, 0.1) is 6.61 Å². The molecular weight excluding hydrogens is 236 g/mol. The Morgan fingerprint density at radius 3 is 3.12 bits per heavy atom. The normalized spacial score (nSPS) is 19.2. The van der Waals surface area contributed by atoms with Crippen molar-refractivity contribution in [3.63, 3.8) is 0 Å². The van der Waals surface area contributed by atoms with Gasteiger partial charge in [-0.2, -0.15) is 0 Å². The molecule has 2 rings (SSSR count). The highest BCUT2D eigenvalue weighted by molar-refractivity contribution is 7.80. The molecule has 1 aliphatic heterocycles. The molecule has 17 heavy (non-hydrogen) atoms. The molecule has 3 N–H and O–H groups in total. The lowest BCUT2D eigenvalue weighted by atomic mass is 10.1. The highest BCUT2D eigenvalue weighted by Gasteiger charge is 2.15. The van der Waals surface area contributed by atoms with Crippen molar-refractivity contribution in [1.29, 1.82) is 0 Å². The third-order valence-corrected chi connectivity index (χ3v) is 2.89. The van der Waals surface area contributed by atoms with Crippen LogP contribution in [0.3, 0.4) is 0 Å². The molecule has 0 aliphatic carbocycles. The zero-order valence-electron chi connectivity index (χ0n) is 9.77. The molecule has 0 spiro atoms. The van der Waals surface area contributed by atoms with Crippen molar-refractivity contribution in [3.05, 3.63) is 17.5 Å². The van der Waals surface area contributed by atoms with Crippen molar-refractivity contribution in [2.24, 2.45) is 11.7 Å². The number of aryl methyl sites for hydroxylation is 1. The highest BCUT2D eigenvalue weighted by Crippen LogP contribution is 2.13. The van der Waals surface area contributed by atoms with Crippen molar-refractivity contribution in [2.45, 2.75) is 13.3 Å². The lowest BCUT2D eigenvalue weighted by Crippen LogP contribution is -2.18. The molecule has 0 amide bonds. The van der Waals surface area contributed by atoms with Gasteiger partial charge in [0.1, 0.15) is 10.7 Å². The summed E-state index contributed by atoms with van der Waals surface area (Å²) in [6.45, 7) is 4.37. The van der Waals surface area contributed by atoms with E-state index >= 15 is 0 Å². The second kappa shape index (κ2) is 5.37. The molecule has 2 heterocycles. The second-order valence-electron chi connectivity index (χ2n) is 4.19. The van der Waals surface area contributed by atoms with Crippen molar-refractivity contribution >= 4 is 23.2 Å². The molecule has 1 aromatic rings. The van der Waals surface area contributed by atoms with Gasteiger partial charge in [-0.3, -0.25) is 0 Å². The molecule has 0 bridgehead atoms. The molecular formula is C11H16N4OS. The average molecular weight is 252 g/mol. The average Bonchev–Trinajstić information content (AvgIpc) is 2.78. The largest absolute Gasteiger partial charge is 0.388 e. The Balaban J connectivity index is 2.01. The first-order valence-corrected chi connectivity index (χ1v) is 6.03. The van der Waals surface area contributed by atoms with Gasteiger partial charge in [-0.15, -0.1) is 0 Å². The standard InChI is InChI=1S/C11H16N4OS/c1-7-4-9(10(12)17)15-11(14-7)13-5-8-2-3-16-6-8/h4,8H,2-3,5-6H2,1H3,(H2,12,17)(H,13,14,15). The van der Waals surface area contributed by atoms with E-state index in [4.69, 9.17) is 22.7 Å². The molecule has 1 saturated heterocycles. The zero-order chi connectivity index (χ0) is 12.3. The summed E-state index contributed by atoms with van der Waals surface area (Å²) >= 11 is 4.91. The SMILES string of the molecule is Cc1cc(C(N)=S)nc(NCC2CCOC2)n1. The number of anilines is 1. The van der Waals surface area contributed by atoms with Crippen LogP contribution in [0.2, 0.25) is 0 Å². The molecule has 1 aliphatic rings. The molecule has 0 aromatic carbocycles. The summed E-state index contributed by atoms with van der Waals surface area (Å²) in [5, 5.41) is 3.21. The summed E-state index contributed by atoms with van der Waals surface area (Å²) in [6, 6.07) is 1.78. The third-order valence-electron chi connectivity index (χ3n) is 2.68. The Kier molecular flexibility index (Phi) is 3.86.